The lowest BCUT2D eigenvalue weighted by atomic mass is 9.96. The summed E-state index contributed by atoms with van der Waals surface area (Å²) in [6.07, 6.45) is 0.344. The van der Waals surface area contributed by atoms with Crippen molar-refractivity contribution in [2.24, 2.45) is 0 Å². The van der Waals surface area contributed by atoms with Gasteiger partial charge in [-0.15, -0.1) is 0 Å². The number of hydrogen-bond donors (Lipinski definition) is 3. The predicted molar refractivity (Wildman–Crippen MR) is 135 cm³/mol. The third-order valence-corrected chi connectivity index (χ3v) is 6.14. The maximum Gasteiger partial charge on any atom is 0.408 e. The van der Waals surface area contributed by atoms with Crippen molar-refractivity contribution in [2.75, 3.05) is 13.7 Å². The van der Waals surface area contributed by atoms with Crippen LogP contribution < -0.4 is 16.0 Å². The van der Waals surface area contributed by atoms with E-state index >= 15 is 0 Å². The van der Waals surface area contributed by atoms with Gasteiger partial charge in [-0.1, -0.05) is 30.3 Å². The first kappa shape index (κ1) is 29.6. The van der Waals surface area contributed by atoms with Crippen LogP contribution in [0.3, 0.4) is 0 Å². The number of rotatable bonds is 9. The first-order valence-corrected chi connectivity index (χ1v) is 12.1. The van der Waals surface area contributed by atoms with Gasteiger partial charge in [-0.3, -0.25) is 14.4 Å². The maximum absolute atomic E-state index is 13.2. The Morgan fingerprint density at radius 2 is 1.41 bits per heavy atom. The number of benzene rings is 1. The summed E-state index contributed by atoms with van der Waals surface area (Å²) in [6, 6.07) is 8.39. The number of esters is 1. The van der Waals surface area contributed by atoms with Crippen LogP contribution in [0.2, 0.25) is 0 Å². The first-order chi connectivity index (χ1) is 17.1. The number of methoxy groups -OCH3 is 1. The fraction of sp³-hybridized carbons (Fsp3) is 0.577. The van der Waals surface area contributed by atoms with Gasteiger partial charge in [0, 0.05) is 6.54 Å². The molecule has 204 valence electrons. The number of hydrogen-bond acceptors (Lipinski definition) is 7. The normalized spacial score (nSPS) is 16.0. The van der Waals surface area contributed by atoms with Crippen molar-refractivity contribution in [3.63, 3.8) is 0 Å². The van der Waals surface area contributed by atoms with Gasteiger partial charge in [0.25, 0.3) is 0 Å². The second kappa shape index (κ2) is 11.6. The fourth-order valence-electron chi connectivity index (χ4n) is 3.81. The van der Waals surface area contributed by atoms with E-state index in [1.165, 1.54) is 53.6 Å². The summed E-state index contributed by atoms with van der Waals surface area (Å²) in [7, 11) is 1.26. The molecule has 1 aliphatic rings. The van der Waals surface area contributed by atoms with E-state index in [0.29, 0.717) is 19.4 Å². The number of likely N-dealkylation sites (tertiary alicyclic amines) is 1. The van der Waals surface area contributed by atoms with Crippen molar-refractivity contribution < 1.29 is 33.4 Å². The van der Waals surface area contributed by atoms with E-state index in [-0.39, 0.29) is 6.61 Å². The molecule has 4 amide bonds. The molecular weight excluding hydrogens is 480 g/mol. The van der Waals surface area contributed by atoms with Gasteiger partial charge in [0.15, 0.2) is 0 Å². The van der Waals surface area contributed by atoms with Crippen molar-refractivity contribution in [3.05, 3.63) is 35.9 Å². The molecule has 37 heavy (non-hydrogen) atoms. The van der Waals surface area contributed by atoms with Gasteiger partial charge in [-0.2, -0.15) is 0 Å². The SMILES string of the molecule is COC(=O)[C@@H]1CCCN1C(=O)C(C)(C)NC(=O)C(C)(C)NC(=O)C(C)(C)NC(=O)OCc1ccccc1. The quantitative estimate of drug-likeness (QED) is 0.422. The molecule has 0 spiro atoms. The Balaban J connectivity index is 1.98. The van der Waals surface area contributed by atoms with Crippen LogP contribution in [-0.2, 0) is 35.3 Å². The summed E-state index contributed by atoms with van der Waals surface area (Å²) in [6.45, 7) is 9.41. The topological polar surface area (TPSA) is 143 Å². The van der Waals surface area contributed by atoms with E-state index in [9.17, 15) is 24.0 Å². The van der Waals surface area contributed by atoms with Crippen LogP contribution in [0.4, 0.5) is 4.79 Å². The molecule has 1 aromatic carbocycles. The summed E-state index contributed by atoms with van der Waals surface area (Å²) in [4.78, 5) is 65.0. The van der Waals surface area contributed by atoms with Crippen LogP contribution in [0, 0.1) is 0 Å². The lowest BCUT2D eigenvalue weighted by Gasteiger charge is -2.36. The Morgan fingerprint density at radius 1 is 0.865 bits per heavy atom. The average Bonchev–Trinajstić information content (AvgIpc) is 3.31. The predicted octanol–water partition coefficient (Wildman–Crippen LogP) is 1.65. The molecule has 0 aliphatic carbocycles. The number of nitrogens with one attached hydrogen (secondary N) is 3. The largest absolute Gasteiger partial charge is 0.467 e. The Hall–Kier alpha value is -3.63. The number of carbonyl (C=O) groups excluding carboxylic acids is 5. The highest BCUT2D eigenvalue weighted by Gasteiger charge is 2.44. The van der Waals surface area contributed by atoms with Crippen LogP contribution in [0.25, 0.3) is 0 Å². The highest BCUT2D eigenvalue weighted by Crippen LogP contribution is 2.23. The molecule has 2 rings (SSSR count). The van der Waals surface area contributed by atoms with Gasteiger partial charge >= 0.3 is 12.1 Å². The average molecular weight is 519 g/mol. The summed E-state index contributed by atoms with van der Waals surface area (Å²) < 4.78 is 9.98. The third kappa shape index (κ3) is 7.68. The van der Waals surface area contributed by atoms with E-state index in [1.807, 2.05) is 18.2 Å². The Kier molecular flexibility index (Phi) is 9.29. The van der Waals surface area contributed by atoms with Gasteiger partial charge in [0.1, 0.15) is 29.3 Å². The minimum atomic E-state index is -1.44. The summed E-state index contributed by atoms with van der Waals surface area (Å²) >= 11 is 0. The number of ether oxygens (including phenoxy) is 2. The lowest BCUT2D eigenvalue weighted by Crippen LogP contribution is -2.66. The zero-order chi connectivity index (χ0) is 28.0. The van der Waals surface area contributed by atoms with Crippen LogP contribution in [0.5, 0.6) is 0 Å². The highest BCUT2D eigenvalue weighted by molar-refractivity contribution is 5.99. The molecule has 0 saturated carbocycles. The van der Waals surface area contributed by atoms with Crippen molar-refractivity contribution in [1.82, 2.24) is 20.9 Å². The molecule has 0 unspecified atom stereocenters. The minimum Gasteiger partial charge on any atom is -0.467 e. The molecule has 0 aromatic heterocycles. The monoisotopic (exact) mass is 518 g/mol. The number of nitrogens with zero attached hydrogens (tertiary/aromatic N) is 1. The standard InChI is InChI=1S/C26H38N4O7/c1-24(2,20(32)28-26(5,6)22(34)30-15-11-14-18(30)19(31)36-7)27-21(33)25(3,4)29-23(35)37-16-17-12-9-8-10-13-17/h8-10,12-13,18H,11,14-16H2,1-7H3,(H,27,33)(H,28,32)(H,29,35)/t18-/m0/s1. The molecular formula is C26H38N4O7. The van der Waals surface area contributed by atoms with Crippen LogP contribution in [0.1, 0.15) is 59.9 Å². The van der Waals surface area contributed by atoms with E-state index < -0.39 is 52.4 Å². The molecule has 1 aromatic rings. The van der Waals surface area contributed by atoms with Gasteiger partial charge in [0.05, 0.1) is 7.11 Å². The molecule has 1 fully saturated rings. The molecule has 3 N–H and O–H groups in total. The smallest absolute Gasteiger partial charge is 0.408 e. The van der Waals surface area contributed by atoms with Crippen molar-refractivity contribution in [1.29, 1.82) is 0 Å². The number of alkyl carbamates (subject to hydrolysis) is 1. The Bertz CT molecular complexity index is 1020. The molecule has 11 heteroatoms. The maximum atomic E-state index is 13.2. The lowest BCUT2D eigenvalue weighted by molar-refractivity contribution is -0.153. The summed E-state index contributed by atoms with van der Waals surface area (Å²) in [5.41, 5.74) is -3.40. The zero-order valence-electron chi connectivity index (χ0n) is 22.6. The van der Waals surface area contributed by atoms with Crippen molar-refractivity contribution in [2.45, 2.75) is 83.6 Å². The summed E-state index contributed by atoms with van der Waals surface area (Å²) in [5, 5.41) is 7.80. The van der Waals surface area contributed by atoms with E-state index in [4.69, 9.17) is 9.47 Å². The van der Waals surface area contributed by atoms with E-state index in [0.717, 1.165) is 5.56 Å². The Labute approximate surface area is 217 Å². The van der Waals surface area contributed by atoms with E-state index in [1.54, 1.807) is 12.1 Å². The Morgan fingerprint density at radius 3 is 1.97 bits per heavy atom. The molecule has 1 heterocycles. The molecule has 0 radical (unpaired) electrons. The second-order valence-corrected chi connectivity index (χ2v) is 10.6. The van der Waals surface area contributed by atoms with Gasteiger partial charge in [0.2, 0.25) is 17.7 Å². The van der Waals surface area contributed by atoms with Gasteiger partial charge < -0.3 is 30.3 Å². The molecule has 11 nitrogen and oxygen atoms in total. The van der Waals surface area contributed by atoms with Crippen LogP contribution in [0.15, 0.2) is 30.3 Å². The van der Waals surface area contributed by atoms with Gasteiger partial charge in [-0.25, -0.2) is 9.59 Å². The molecule has 1 atom stereocenters. The fourth-order valence-corrected chi connectivity index (χ4v) is 3.81. The van der Waals surface area contributed by atoms with Crippen molar-refractivity contribution in [3.8, 4) is 0 Å². The second-order valence-electron chi connectivity index (χ2n) is 10.6. The van der Waals surface area contributed by atoms with Crippen LogP contribution >= 0.6 is 0 Å². The van der Waals surface area contributed by atoms with E-state index in [2.05, 4.69) is 16.0 Å². The molecule has 1 saturated heterocycles. The summed E-state index contributed by atoms with van der Waals surface area (Å²) in [5.74, 6) is -2.18. The molecule has 0 bridgehead atoms. The minimum absolute atomic E-state index is 0.0369. The van der Waals surface area contributed by atoms with Crippen molar-refractivity contribution >= 4 is 29.8 Å². The highest BCUT2D eigenvalue weighted by atomic mass is 16.5. The number of amides is 4. The van der Waals surface area contributed by atoms with Crippen LogP contribution in [-0.4, -0.2) is 71.0 Å². The first-order valence-electron chi connectivity index (χ1n) is 12.1. The molecule has 1 aliphatic heterocycles. The third-order valence-electron chi connectivity index (χ3n) is 6.14. The number of carbonyl (C=O) groups is 5. The zero-order valence-corrected chi connectivity index (χ0v) is 22.6. The van der Waals surface area contributed by atoms with Gasteiger partial charge in [-0.05, 0) is 59.9 Å².